The fourth-order valence-corrected chi connectivity index (χ4v) is 6.35. The topological polar surface area (TPSA) is 127 Å². The molecule has 42 heavy (non-hydrogen) atoms. The molecule has 0 radical (unpaired) electrons. The third-order valence-electron chi connectivity index (χ3n) is 7.98. The molecule has 0 atom stereocenters. The van der Waals surface area contributed by atoms with Crippen molar-refractivity contribution in [1.82, 2.24) is 9.80 Å². The molecule has 0 spiro atoms. The maximum absolute atomic E-state index is 14.7. The van der Waals surface area contributed by atoms with Crippen LogP contribution in [-0.4, -0.2) is 46.8 Å². The average molecular weight is 584 g/mol. The van der Waals surface area contributed by atoms with Crippen LogP contribution in [0, 0.1) is 0 Å². The molecule has 0 aliphatic carbocycles. The van der Waals surface area contributed by atoms with Crippen molar-refractivity contribution in [3.63, 3.8) is 0 Å². The van der Waals surface area contributed by atoms with Crippen LogP contribution in [0.2, 0.25) is 0 Å². The Hall–Kier alpha value is -4.82. The molecule has 4 amide bonds. The van der Waals surface area contributed by atoms with Gasteiger partial charge in [0.25, 0.3) is 23.6 Å². The zero-order valence-corrected chi connectivity index (χ0v) is 20.8. The van der Waals surface area contributed by atoms with Crippen LogP contribution in [0.15, 0.2) is 36.4 Å². The lowest BCUT2D eigenvalue weighted by Gasteiger charge is -2.31. The fraction of sp³-hybridized carbons (Fsp3) is 0.143. The van der Waals surface area contributed by atoms with E-state index in [0.29, 0.717) is 21.9 Å². The van der Waals surface area contributed by atoms with Crippen molar-refractivity contribution in [3.8, 4) is 0 Å². The molecule has 0 unspecified atom stereocenters. The molecule has 14 heteroatoms. The van der Waals surface area contributed by atoms with Gasteiger partial charge in [0.05, 0.1) is 24.5 Å². The highest BCUT2D eigenvalue weighted by molar-refractivity contribution is 6.42. The maximum atomic E-state index is 14.7. The van der Waals surface area contributed by atoms with Crippen LogP contribution in [0.3, 0.4) is 0 Å². The summed E-state index contributed by atoms with van der Waals surface area (Å²) in [7, 11) is 0. The zero-order valence-electron chi connectivity index (χ0n) is 20.8. The minimum atomic E-state index is -5.12. The Morgan fingerprint density at radius 1 is 0.500 bits per heavy atom. The highest BCUT2D eigenvalue weighted by Crippen LogP contribution is 2.52. The molecule has 5 aromatic carbocycles. The molecular weight excluding hydrogens is 570 g/mol. The van der Waals surface area contributed by atoms with Gasteiger partial charge < -0.3 is 11.5 Å². The van der Waals surface area contributed by atoms with Crippen molar-refractivity contribution in [2.24, 2.45) is 11.5 Å². The predicted octanol–water partition coefficient (Wildman–Crippen LogP) is 4.80. The van der Waals surface area contributed by atoms with Gasteiger partial charge in [0.15, 0.2) is 0 Å². The molecule has 8 nitrogen and oxygen atoms in total. The summed E-state index contributed by atoms with van der Waals surface area (Å²) in [5.41, 5.74) is 6.85. The highest BCUT2D eigenvalue weighted by atomic mass is 19.4. The molecule has 2 aliphatic rings. The number of benzene rings is 5. The number of nitrogens with zero attached hydrogens (tertiary/aromatic N) is 2. The molecule has 7 rings (SSSR count). The predicted molar refractivity (Wildman–Crippen MR) is 137 cm³/mol. The van der Waals surface area contributed by atoms with E-state index in [1.54, 1.807) is 0 Å². The summed E-state index contributed by atoms with van der Waals surface area (Å²) in [5, 5.41) is -3.10. The summed E-state index contributed by atoms with van der Waals surface area (Å²) < 4.78 is 88.2. The molecule has 212 valence electrons. The summed E-state index contributed by atoms with van der Waals surface area (Å²) in [4.78, 5) is 53.7. The number of hydrogen-bond acceptors (Lipinski definition) is 6. The lowest BCUT2D eigenvalue weighted by atomic mass is 9.79. The van der Waals surface area contributed by atoms with E-state index in [0.717, 1.165) is 24.3 Å². The molecule has 0 saturated carbocycles. The molecule has 2 aliphatic heterocycles. The van der Waals surface area contributed by atoms with Crippen LogP contribution in [0.1, 0.15) is 52.6 Å². The van der Waals surface area contributed by atoms with Gasteiger partial charge in [-0.15, -0.1) is 0 Å². The van der Waals surface area contributed by atoms with Crippen LogP contribution in [0.25, 0.3) is 43.1 Å². The standard InChI is InChI=1S/C28H14F6N4O4/c29-27(30,31)15-5-14-18-12(24(40)38(8-36)26(14)42)4-2-10-20-16(28(32,33)34)6-13-17-11(23(39)37(7-35)25(13)41)3-1-9(21(17)20)19(15)22(10)18/h1-6H,7-8,35-36H2. The molecule has 0 aromatic heterocycles. The monoisotopic (exact) mass is 584 g/mol. The third-order valence-corrected chi connectivity index (χ3v) is 7.98. The second kappa shape index (κ2) is 7.92. The fourth-order valence-electron chi connectivity index (χ4n) is 6.35. The number of carbonyl (C=O) groups excluding carboxylic acids is 4. The number of alkyl halides is 6. The summed E-state index contributed by atoms with van der Waals surface area (Å²) in [6.45, 7) is -1.28. The van der Waals surface area contributed by atoms with Gasteiger partial charge in [-0.2, -0.15) is 26.3 Å². The van der Waals surface area contributed by atoms with Crippen LogP contribution in [0.4, 0.5) is 26.3 Å². The van der Waals surface area contributed by atoms with E-state index < -0.39 is 82.3 Å². The van der Waals surface area contributed by atoms with Crippen LogP contribution in [-0.2, 0) is 12.4 Å². The van der Waals surface area contributed by atoms with Gasteiger partial charge in [-0.1, -0.05) is 12.1 Å². The minimum Gasteiger partial charge on any atom is -0.313 e. The van der Waals surface area contributed by atoms with Gasteiger partial charge in [-0.25, -0.2) is 0 Å². The number of hydrogen-bond donors (Lipinski definition) is 2. The highest BCUT2D eigenvalue weighted by Gasteiger charge is 2.44. The largest absolute Gasteiger partial charge is 0.417 e. The van der Waals surface area contributed by atoms with E-state index in [9.17, 15) is 45.5 Å². The van der Waals surface area contributed by atoms with Crippen LogP contribution < -0.4 is 11.5 Å². The zero-order chi connectivity index (χ0) is 30.2. The first-order valence-electron chi connectivity index (χ1n) is 12.3. The van der Waals surface area contributed by atoms with E-state index in [1.165, 1.54) is 0 Å². The Labute approximate surface area is 229 Å². The van der Waals surface area contributed by atoms with Crippen molar-refractivity contribution >= 4 is 66.7 Å². The van der Waals surface area contributed by atoms with Crippen molar-refractivity contribution in [2.45, 2.75) is 12.4 Å². The van der Waals surface area contributed by atoms with Gasteiger partial charge in [0.2, 0.25) is 0 Å². The first kappa shape index (κ1) is 26.1. The Morgan fingerprint density at radius 3 is 1.14 bits per heavy atom. The number of carbonyl (C=O) groups is 4. The Balaban J connectivity index is 1.84. The quantitative estimate of drug-likeness (QED) is 0.133. The molecular formula is C28H14F6N4O4. The summed E-state index contributed by atoms with van der Waals surface area (Å²) in [5.74, 6) is -4.10. The SMILES string of the molecule is NCN1C(=O)c2ccc3c4c(C(F)(F)F)cc5c6c(ccc(c7c(C(F)(F)F)cc(c2c37)C1=O)c64)C(=O)N(CN)C5=O. The van der Waals surface area contributed by atoms with E-state index in [1.807, 2.05) is 0 Å². The van der Waals surface area contributed by atoms with E-state index in [4.69, 9.17) is 11.5 Å². The number of amides is 4. The van der Waals surface area contributed by atoms with Gasteiger partial charge in [-0.3, -0.25) is 29.0 Å². The van der Waals surface area contributed by atoms with Gasteiger partial charge >= 0.3 is 12.4 Å². The molecule has 0 fully saturated rings. The number of fused-ring (bicyclic) bond motifs is 2. The Morgan fingerprint density at radius 2 is 0.833 bits per heavy atom. The minimum absolute atomic E-state index is 0.213. The molecule has 0 bridgehead atoms. The summed E-state index contributed by atoms with van der Waals surface area (Å²) in [6.07, 6.45) is -10.2. The molecule has 2 heterocycles. The lowest BCUT2D eigenvalue weighted by Crippen LogP contribution is -2.44. The van der Waals surface area contributed by atoms with Crippen molar-refractivity contribution < 1.29 is 45.5 Å². The number of rotatable bonds is 2. The van der Waals surface area contributed by atoms with E-state index in [2.05, 4.69) is 0 Å². The van der Waals surface area contributed by atoms with Gasteiger partial charge in [0, 0.05) is 43.8 Å². The first-order valence-corrected chi connectivity index (χ1v) is 12.3. The number of nitrogens with two attached hydrogens (primary N) is 2. The molecule has 0 saturated heterocycles. The van der Waals surface area contributed by atoms with E-state index >= 15 is 0 Å². The average Bonchev–Trinajstić information content (AvgIpc) is 2.92. The molecule has 5 aromatic rings. The van der Waals surface area contributed by atoms with E-state index in [-0.39, 0.29) is 43.4 Å². The second-order valence-electron chi connectivity index (χ2n) is 9.95. The summed E-state index contributed by atoms with van der Waals surface area (Å²) >= 11 is 0. The smallest absolute Gasteiger partial charge is 0.313 e. The normalized spacial score (nSPS) is 15.9. The van der Waals surface area contributed by atoms with Crippen molar-refractivity contribution in [2.75, 3.05) is 13.3 Å². The van der Waals surface area contributed by atoms with Gasteiger partial charge in [0.1, 0.15) is 0 Å². The third kappa shape index (κ3) is 2.99. The Bertz CT molecular complexity index is 1980. The summed E-state index contributed by atoms with van der Waals surface area (Å²) in [6, 6.07) is 5.52. The van der Waals surface area contributed by atoms with Crippen molar-refractivity contribution in [3.05, 3.63) is 69.8 Å². The number of halogens is 6. The molecule has 4 N–H and O–H groups in total. The Kier molecular flexibility index (Phi) is 4.92. The lowest BCUT2D eigenvalue weighted by molar-refractivity contribution is -0.137. The van der Waals surface area contributed by atoms with Crippen molar-refractivity contribution in [1.29, 1.82) is 0 Å². The van der Waals surface area contributed by atoms with Crippen LogP contribution >= 0.6 is 0 Å². The first-order chi connectivity index (χ1) is 19.7. The van der Waals surface area contributed by atoms with Crippen LogP contribution in [0.5, 0.6) is 0 Å². The van der Waals surface area contributed by atoms with Gasteiger partial charge in [-0.05, 0) is 45.8 Å². The second-order valence-corrected chi connectivity index (χ2v) is 9.95. The number of imide groups is 2. The maximum Gasteiger partial charge on any atom is 0.417 e.